The first-order chi connectivity index (χ1) is 14.0. The number of aromatic amines is 2. The van der Waals surface area contributed by atoms with Gasteiger partial charge < -0.3 is 20.6 Å². The van der Waals surface area contributed by atoms with Crippen LogP contribution in [0.25, 0.3) is 21.8 Å². The normalized spacial score (nSPS) is 12.5. The van der Waals surface area contributed by atoms with Gasteiger partial charge in [0.15, 0.2) is 5.43 Å². The molecule has 0 bridgehead atoms. The number of rotatable bonds is 7. The molecule has 0 aliphatic heterocycles. The van der Waals surface area contributed by atoms with Gasteiger partial charge in [-0.05, 0) is 58.9 Å². The molecule has 0 fully saturated rings. The van der Waals surface area contributed by atoms with Crippen LogP contribution in [0.4, 0.5) is 5.82 Å². The van der Waals surface area contributed by atoms with Crippen molar-refractivity contribution in [2.45, 2.75) is 24.4 Å². The summed E-state index contributed by atoms with van der Waals surface area (Å²) in [6.45, 7) is 3.59. The van der Waals surface area contributed by atoms with Gasteiger partial charge in [0.05, 0.1) is 11.0 Å². The van der Waals surface area contributed by atoms with Crippen molar-refractivity contribution in [2.75, 3.05) is 18.1 Å². The standard InChI is InChI=1S/C22H23BrN4OS/c1-13(10-25-21-9-20(28)16-5-3-4-6-19(16)27-21)24-11-14-7-15(29-2)8-17-18(23)12-26-22(14)17/h3-9,12-13,24,26H,10-11H2,1-2H3,(H2,25,27,28). The monoisotopic (exact) mass is 470 g/mol. The third-order valence-electron chi connectivity index (χ3n) is 5.01. The summed E-state index contributed by atoms with van der Waals surface area (Å²) in [6.07, 6.45) is 4.08. The molecule has 4 rings (SSSR count). The fourth-order valence-corrected chi connectivity index (χ4v) is 4.34. The van der Waals surface area contributed by atoms with Gasteiger partial charge in [0, 0.05) is 51.5 Å². The van der Waals surface area contributed by atoms with Gasteiger partial charge in [-0.15, -0.1) is 11.8 Å². The molecule has 0 saturated carbocycles. The van der Waals surface area contributed by atoms with Crippen molar-refractivity contribution in [3.05, 3.63) is 68.9 Å². The van der Waals surface area contributed by atoms with E-state index in [1.807, 2.05) is 30.5 Å². The summed E-state index contributed by atoms with van der Waals surface area (Å²) >= 11 is 5.36. The predicted octanol–water partition coefficient (Wildman–Crippen LogP) is 5.08. The summed E-state index contributed by atoms with van der Waals surface area (Å²) in [7, 11) is 0. The van der Waals surface area contributed by atoms with Crippen molar-refractivity contribution in [3.63, 3.8) is 0 Å². The van der Waals surface area contributed by atoms with Crippen LogP contribution in [-0.4, -0.2) is 28.8 Å². The van der Waals surface area contributed by atoms with E-state index in [2.05, 4.69) is 61.8 Å². The number of fused-ring (bicyclic) bond motifs is 2. The largest absolute Gasteiger partial charge is 0.370 e. The van der Waals surface area contributed by atoms with Crippen molar-refractivity contribution < 1.29 is 0 Å². The molecule has 2 heterocycles. The Labute approximate surface area is 181 Å². The maximum Gasteiger partial charge on any atom is 0.191 e. The van der Waals surface area contributed by atoms with Gasteiger partial charge in [0.2, 0.25) is 0 Å². The van der Waals surface area contributed by atoms with Gasteiger partial charge in [-0.1, -0.05) is 12.1 Å². The summed E-state index contributed by atoms with van der Waals surface area (Å²) in [5.74, 6) is 0.738. The number of anilines is 1. The van der Waals surface area contributed by atoms with Gasteiger partial charge in [-0.3, -0.25) is 4.79 Å². The molecule has 1 atom stereocenters. The Morgan fingerprint density at radius 1 is 1.17 bits per heavy atom. The molecule has 5 nitrogen and oxygen atoms in total. The van der Waals surface area contributed by atoms with Gasteiger partial charge in [-0.2, -0.15) is 0 Å². The lowest BCUT2D eigenvalue weighted by Gasteiger charge is -2.16. The molecule has 2 aromatic carbocycles. The van der Waals surface area contributed by atoms with E-state index in [1.54, 1.807) is 17.8 Å². The molecular formula is C22H23BrN4OS. The van der Waals surface area contributed by atoms with Crippen molar-refractivity contribution in [3.8, 4) is 0 Å². The van der Waals surface area contributed by atoms with E-state index in [0.717, 1.165) is 27.9 Å². The molecule has 1 unspecified atom stereocenters. The van der Waals surface area contributed by atoms with Gasteiger partial charge >= 0.3 is 0 Å². The maximum atomic E-state index is 12.3. The zero-order chi connectivity index (χ0) is 20.4. The van der Waals surface area contributed by atoms with Crippen LogP contribution in [-0.2, 0) is 6.54 Å². The zero-order valence-corrected chi connectivity index (χ0v) is 18.7. The quantitative estimate of drug-likeness (QED) is 0.284. The number of H-pyrrole nitrogens is 2. The highest BCUT2D eigenvalue weighted by Crippen LogP contribution is 2.30. The minimum atomic E-state index is 0.0241. The molecule has 0 amide bonds. The Morgan fingerprint density at radius 2 is 2.00 bits per heavy atom. The SMILES string of the molecule is CSc1cc(CNC(C)CNc2cc(=O)c3ccccc3[nH]2)c2[nH]cc(Br)c2c1. The number of aromatic nitrogens is 2. The van der Waals surface area contributed by atoms with E-state index in [1.165, 1.54) is 15.8 Å². The second-order valence-electron chi connectivity index (χ2n) is 7.10. The van der Waals surface area contributed by atoms with Crippen LogP contribution in [0.5, 0.6) is 0 Å². The summed E-state index contributed by atoms with van der Waals surface area (Å²) in [5, 5.41) is 8.82. The third kappa shape index (κ3) is 4.37. The van der Waals surface area contributed by atoms with Crippen LogP contribution in [0.1, 0.15) is 12.5 Å². The smallest absolute Gasteiger partial charge is 0.191 e. The van der Waals surface area contributed by atoms with Crippen LogP contribution >= 0.6 is 27.7 Å². The number of nitrogens with one attached hydrogen (secondary N) is 4. The van der Waals surface area contributed by atoms with Crippen molar-refractivity contribution in [1.29, 1.82) is 0 Å². The Balaban J connectivity index is 1.43. The van der Waals surface area contributed by atoms with Crippen LogP contribution in [0, 0.1) is 0 Å². The van der Waals surface area contributed by atoms with E-state index in [9.17, 15) is 4.79 Å². The summed E-state index contributed by atoms with van der Waals surface area (Å²) in [6, 6.07) is 13.8. The fraction of sp³-hybridized carbons (Fsp3) is 0.227. The first kappa shape index (κ1) is 20.1. The summed E-state index contributed by atoms with van der Waals surface area (Å²) in [5.41, 5.74) is 3.26. The Bertz CT molecular complexity index is 1220. The van der Waals surface area contributed by atoms with Crippen LogP contribution in [0.2, 0.25) is 0 Å². The molecule has 0 aliphatic carbocycles. The first-order valence-electron chi connectivity index (χ1n) is 9.48. The molecule has 7 heteroatoms. The lowest BCUT2D eigenvalue weighted by molar-refractivity contribution is 0.568. The molecule has 0 saturated heterocycles. The topological polar surface area (TPSA) is 72.7 Å². The van der Waals surface area contributed by atoms with Crippen LogP contribution in [0.3, 0.4) is 0 Å². The second kappa shape index (κ2) is 8.65. The second-order valence-corrected chi connectivity index (χ2v) is 8.84. The minimum absolute atomic E-state index is 0.0241. The van der Waals surface area contributed by atoms with E-state index >= 15 is 0 Å². The number of hydrogen-bond acceptors (Lipinski definition) is 4. The molecule has 4 N–H and O–H groups in total. The molecule has 0 aliphatic rings. The number of thioether (sulfide) groups is 1. The number of para-hydroxylation sites is 1. The van der Waals surface area contributed by atoms with Gasteiger partial charge in [0.25, 0.3) is 0 Å². The van der Waals surface area contributed by atoms with E-state index in [4.69, 9.17) is 0 Å². The summed E-state index contributed by atoms with van der Waals surface area (Å²) in [4.78, 5) is 20.1. The van der Waals surface area contributed by atoms with Gasteiger partial charge in [0.1, 0.15) is 5.82 Å². The maximum absolute atomic E-state index is 12.3. The van der Waals surface area contributed by atoms with Crippen molar-refractivity contribution in [1.82, 2.24) is 15.3 Å². The fourth-order valence-electron chi connectivity index (χ4n) is 3.41. The highest BCUT2D eigenvalue weighted by Gasteiger charge is 2.10. The third-order valence-corrected chi connectivity index (χ3v) is 6.37. The molecule has 29 heavy (non-hydrogen) atoms. The molecule has 2 aromatic heterocycles. The minimum Gasteiger partial charge on any atom is -0.370 e. The highest BCUT2D eigenvalue weighted by atomic mass is 79.9. The molecule has 4 aromatic rings. The predicted molar refractivity (Wildman–Crippen MR) is 127 cm³/mol. The highest BCUT2D eigenvalue weighted by molar-refractivity contribution is 9.10. The lowest BCUT2D eigenvalue weighted by atomic mass is 10.1. The van der Waals surface area contributed by atoms with E-state index in [-0.39, 0.29) is 11.5 Å². The Kier molecular flexibility index (Phi) is 5.99. The number of halogens is 1. The van der Waals surface area contributed by atoms with E-state index < -0.39 is 0 Å². The van der Waals surface area contributed by atoms with Crippen molar-refractivity contribution >= 4 is 55.3 Å². The van der Waals surface area contributed by atoms with E-state index in [0.29, 0.717) is 11.9 Å². The lowest BCUT2D eigenvalue weighted by Crippen LogP contribution is -2.32. The van der Waals surface area contributed by atoms with Crippen LogP contribution in [0.15, 0.2) is 62.8 Å². The number of benzene rings is 2. The summed E-state index contributed by atoms with van der Waals surface area (Å²) < 4.78 is 1.08. The molecule has 150 valence electrons. The van der Waals surface area contributed by atoms with Gasteiger partial charge in [-0.25, -0.2) is 0 Å². The average Bonchev–Trinajstić information content (AvgIpc) is 3.11. The molecular weight excluding hydrogens is 448 g/mol. The zero-order valence-electron chi connectivity index (χ0n) is 16.3. The number of pyridine rings is 1. The Morgan fingerprint density at radius 3 is 2.83 bits per heavy atom. The van der Waals surface area contributed by atoms with Crippen molar-refractivity contribution in [2.24, 2.45) is 0 Å². The first-order valence-corrected chi connectivity index (χ1v) is 11.5. The molecule has 0 spiro atoms. The number of hydrogen-bond donors (Lipinski definition) is 4. The average molecular weight is 471 g/mol. The van der Waals surface area contributed by atoms with Crippen LogP contribution < -0.4 is 16.1 Å². The Hall–Kier alpha value is -2.22. The molecule has 0 radical (unpaired) electrons.